The van der Waals surface area contributed by atoms with Crippen LogP contribution in [0.3, 0.4) is 0 Å². The van der Waals surface area contributed by atoms with Gasteiger partial charge in [-0.05, 0) is 18.2 Å². The SMILES string of the molecule is COc1ccc(OC)c(CNC(=O)Cn2cc(N)cn2)c1. The Kier molecular flexibility index (Phi) is 4.65. The van der Waals surface area contributed by atoms with Crippen molar-refractivity contribution >= 4 is 11.6 Å². The molecule has 0 unspecified atom stereocenters. The van der Waals surface area contributed by atoms with Gasteiger partial charge in [0.2, 0.25) is 5.91 Å². The molecule has 0 radical (unpaired) electrons. The standard InChI is InChI=1S/C14H18N4O3/c1-20-12-3-4-13(21-2)10(5-12)6-16-14(19)9-18-8-11(15)7-17-18/h3-5,7-8H,6,9,15H2,1-2H3,(H,16,19). The summed E-state index contributed by atoms with van der Waals surface area (Å²) in [5.41, 5.74) is 6.91. The minimum Gasteiger partial charge on any atom is -0.497 e. The lowest BCUT2D eigenvalue weighted by Gasteiger charge is -2.11. The number of benzene rings is 1. The Labute approximate surface area is 122 Å². The number of anilines is 1. The predicted molar refractivity (Wildman–Crippen MR) is 78.0 cm³/mol. The molecular weight excluding hydrogens is 272 g/mol. The summed E-state index contributed by atoms with van der Waals surface area (Å²) in [5, 5.41) is 6.76. The number of nitrogens with two attached hydrogens (primary N) is 1. The molecule has 2 rings (SSSR count). The van der Waals surface area contributed by atoms with E-state index in [9.17, 15) is 4.79 Å². The van der Waals surface area contributed by atoms with Gasteiger partial charge in [-0.25, -0.2) is 0 Å². The van der Waals surface area contributed by atoms with Gasteiger partial charge < -0.3 is 20.5 Å². The summed E-state index contributed by atoms with van der Waals surface area (Å²) in [5.74, 6) is 1.24. The zero-order chi connectivity index (χ0) is 15.2. The second kappa shape index (κ2) is 6.65. The molecule has 0 saturated heterocycles. The lowest BCUT2D eigenvalue weighted by molar-refractivity contribution is -0.122. The molecule has 1 amide bonds. The Morgan fingerprint density at radius 2 is 2.19 bits per heavy atom. The molecule has 0 bridgehead atoms. The number of nitrogens with zero attached hydrogens (tertiary/aromatic N) is 2. The molecule has 1 aromatic carbocycles. The van der Waals surface area contributed by atoms with Gasteiger partial charge in [0.1, 0.15) is 18.0 Å². The van der Waals surface area contributed by atoms with Crippen LogP contribution in [0.2, 0.25) is 0 Å². The molecule has 7 heteroatoms. The number of carbonyl (C=O) groups is 1. The number of carbonyl (C=O) groups excluding carboxylic acids is 1. The topological polar surface area (TPSA) is 91.4 Å². The third-order valence-corrected chi connectivity index (χ3v) is 2.92. The van der Waals surface area contributed by atoms with Gasteiger partial charge in [0.05, 0.1) is 26.1 Å². The first kappa shape index (κ1) is 14.7. The molecule has 3 N–H and O–H groups in total. The fourth-order valence-electron chi connectivity index (χ4n) is 1.88. The van der Waals surface area contributed by atoms with E-state index >= 15 is 0 Å². The van der Waals surface area contributed by atoms with Crippen molar-refractivity contribution in [3.8, 4) is 11.5 Å². The molecule has 21 heavy (non-hydrogen) atoms. The molecule has 0 saturated carbocycles. The Morgan fingerprint density at radius 1 is 1.38 bits per heavy atom. The maximum Gasteiger partial charge on any atom is 0.242 e. The van der Waals surface area contributed by atoms with E-state index in [1.165, 1.54) is 10.9 Å². The maximum absolute atomic E-state index is 11.9. The van der Waals surface area contributed by atoms with Gasteiger partial charge >= 0.3 is 0 Å². The first-order chi connectivity index (χ1) is 10.1. The number of nitrogens with one attached hydrogen (secondary N) is 1. The summed E-state index contributed by atoms with van der Waals surface area (Å²) in [4.78, 5) is 11.9. The van der Waals surface area contributed by atoms with E-state index in [4.69, 9.17) is 15.2 Å². The normalized spacial score (nSPS) is 10.2. The highest BCUT2D eigenvalue weighted by atomic mass is 16.5. The van der Waals surface area contributed by atoms with Crippen LogP contribution < -0.4 is 20.5 Å². The van der Waals surface area contributed by atoms with E-state index in [1.807, 2.05) is 6.07 Å². The molecule has 0 spiro atoms. The summed E-state index contributed by atoms with van der Waals surface area (Å²) in [6, 6.07) is 5.43. The molecule has 7 nitrogen and oxygen atoms in total. The van der Waals surface area contributed by atoms with Crippen LogP contribution in [0.15, 0.2) is 30.6 Å². The zero-order valence-electron chi connectivity index (χ0n) is 12.0. The third kappa shape index (κ3) is 3.88. The molecule has 1 heterocycles. The second-order valence-electron chi connectivity index (χ2n) is 4.43. The third-order valence-electron chi connectivity index (χ3n) is 2.92. The van der Waals surface area contributed by atoms with Crippen LogP contribution in [0, 0.1) is 0 Å². The summed E-state index contributed by atoms with van der Waals surface area (Å²) >= 11 is 0. The number of amides is 1. The molecule has 2 aromatic rings. The van der Waals surface area contributed by atoms with Gasteiger partial charge in [0.15, 0.2) is 0 Å². The van der Waals surface area contributed by atoms with Crippen molar-refractivity contribution in [2.45, 2.75) is 13.1 Å². The number of rotatable bonds is 6. The van der Waals surface area contributed by atoms with Crippen LogP contribution in [-0.4, -0.2) is 29.9 Å². The number of ether oxygens (including phenoxy) is 2. The maximum atomic E-state index is 11.9. The molecule has 0 aliphatic carbocycles. The van der Waals surface area contributed by atoms with E-state index in [0.717, 1.165) is 5.56 Å². The number of methoxy groups -OCH3 is 2. The van der Waals surface area contributed by atoms with Crippen LogP contribution >= 0.6 is 0 Å². The highest BCUT2D eigenvalue weighted by molar-refractivity contribution is 5.75. The molecule has 0 fully saturated rings. The van der Waals surface area contributed by atoms with E-state index in [-0.39, 0.29) is 12.5 Å². The highest BCUT2D eigenvalue weighted by Crippen LogP contribution is 2.23. The lowest BCUT2D eigenvalue weighted by Crippen LogP contribution is -2.27. The van der Waals surface area contributed by atoms with Gasteiger partial charge in [0.25, 0.3) is 0 Å². The van der Waals surface area contributed by atoms with Crippen molar-refractivity contribution in [2.75, 3.05) is 20.0 Å². The lowest BCUT2D eigenvalue weighted by atomic mass is 10.2. The van der Waals surface area contributed by atoms with E-state index < -0.39 is 0 Å². The van der Waals surface area contributed by atoms with Crippen molar-refractivity contribution in [1.29, 1.82) is 0 Å². The minimum atomic E-state index is -0.164. The minimum absolute atomic E-state index is 0.115. The number of nitrogen functional groups attached to an aromatic ring is 1. The van der Waals surface area contributed by atoms with Gasteiger partial charge in [-0.2, -0.15) is 5.10 Å². The van der Waals surface area contributed by atoms with Crippen molar-refractivity contribution < 1.29 is 14.3 Å². The van der Waals surface area contributed by atoms with Gasteiger partial charge in [-0.1, -0.05) is 0 Å². The van der Waals surface area contributed by atoms with E-state index in [1.54, 1.807) is 32.5 Å². The van der Waals surface area contributed by atoms with Crippen LogP contribution in [-0.2, 0) is 17.9 Å². The molecular formula is C14H18N4O3. The van der Waals surface area contributed by atoms with Crippen LogP contribution in [0.4, 0.5) is 5.69 Å². The van der Waals surface area contributed by atoms with Crippen molar-refractivity contribution in [3.05, 3.63) is 36.2 Å². The number of hydrogen-bond acceptors (Lipinski definition) is 5. The Morgan fingerprint density at radius 3 is 2.81 bits per heavy atom. The first-order valence-electron chi connectivity index (χ1n) is 6.38. The van der Waals surface area contributed by atoms with Crippen molar-refractivity contribution in [2.24, 2.45) is 0 Å². The smallest absolute Gasteiger partial charge is 0.242 e. The van der Waals surface area contributed by atoms with E-state index in [0.29, 0.717) is 23.7 Å². The van der Waals surface area contributed by atoms with Gasteiger partial charge in [0, 0.05) is 18.3 Å². The molecule has 0 aliphatic heterocycles. The Balaban J connectivity index is 1.97. The van der Waals surface area contributed by atoms with Crippen LogP contribution in [0.25, 0.3) is 0 Å². The average molecular weight is 290 g/mol. The summed E-state index contributed by atoms with van der Waals surface area (Å²) in [6.45, 7) is 0.458. The summed E-state index contributed by atoms with van der Waals surface area (Å²) in [6.07, 6.45) is 3.10. The van der Waals surface area contributed by atoms with Crippen LogP contribution in [0.5, 0.6) is 11.5 Å². The fourth-order valence-corrected chi connectivity index (χ4v) is 1.88. The second-order valence-corrected chi connectivity index (χ2v) is 4.43. The molecule has 0 aliphatic rings. The van der Waals surface area contributed by atoms with Gasteiger partial charge in [-0.15, -0.1) is 0 Å². The van der Waals surface area contributed by atoms with Crippen LogP contribution in [0.1, 0.15) is 5.56 Å². The first-order valence-corrected chi connectivity index (χ1v) is 6.38. The zero-order valence-corrected chi connectivity index (χ0v) is 12.0. The fraction of sp³-hybridized carbons (Fsp3) is 0.286. The Hall–Kier alpha value is -2.70. The van der Waals surface area contributed by atoms with Crippen molar-refractivity contribution in [3.63, 3.8) is 0 Å². The largest absolute Gasteiger partial charge is 0.497 e. The molecule has 0 atom stereocenters. The monoisotopic (exact) mass is 290 g/mol. The quantitative estimate of drug-likeness (QED) is 0.821. The van der Waals surface area contributed by atoms with E-state index in [2.05, 4.69) is 10.4 Å². The summed E-state index contributed by atoms with van der Waals surface area (Å²) in [7, 11) is 3.17. The number of aromatic nitrogens is 2. The average Bonchev–Trinajstić information content (AvgIpc) is 2.89. The van der Waals surface area contributed by atoms with Gasteiger partial charge in [-0.3, -0.25) is 9.48 Å². The van der Waals surface area contributed by atoms with Crippen molar-refractivity contribution in [1.82, 2.24) is 15.1 Å². The summed E-state index contributed by atoms with van der Waals surface area (Å²) < 4.78 is 11.9. The molecule has 1 aromatic heterocycles. The molecule has 112 valence electrons. The highest BCUT2D eigenvalue weighted by Gasteiger charge is 2.08. The Bertz CT molecular complexity index is 624. The number of hydrogen-bond donors (Lipinski definition) is 2. The predicted octanol–water partition coefficient (Wildman–Crippen LogP) is 0.799.